The van der Waals surface area contributed by atoms with E-state index in [1.165, 1.54) is 83.5 Å². The Balaban J connectivity index is 4.00. The van der Waals surface area contributed by atoms with Gasteiger partial charge in [-0.1, -0.05) is 133 Å². The fourth-order valence-electron chi connectivity index (χ4n) is 4.30. The number of hydrogen-bond acceptors (Lipinski definition) is 4. The van der Waals surface area contributed by atoms with Crippen molar-refractivity contribution in [3.63, 3.8) is 0 Å². The average molecular weight is 548 g/mol. The summed E-state index contributed by atoms with van der Waals surface area (Å²) in [7, 11) is 0. The van der Waals surface area contributed by atoms with E-state index < -0.39 is 30.8 Å². The Morgan fingerprint density at radius 2 is 1.13 bits per heavy atom. The van der Waals surface area contributed by atoms with Gasteiger partial charge in [0.25, 0.3) is 0 Å². The van der Waals surface area contributed by atoms with Crippen LogP contribution in [0.3, 0.4) is 0 Å². The summed E-state index contributed by atoms with van der Waals surface area (Å²) in [6, 6.07) is -0.842. The number of carbonyl (C=O) groups excluding carboxylic acids is 1. The Kier molecular flexibility index (Phi) is 28.0. The van der Waals surface area contributed by atoms with Gasteiger partial charge in [-0.2, -0.15) is 0 Å². The van der Waals surface area contributed by atoms with Crippen LogP contribution in [0.15, 0.2) is 48.6 Å². The molecule has 0 aromatic heterocycles. The van der Waals surface area contributed by atoms with Crippen LogP contribution >= 0.6 is 0 Å². The second kappa shape index (κ2) is 29.3. The molecule has 3 atom stereocenters. The first-order chi connectivity index (χ1) is 19.1. The molecule has 4 N–H and O–H groups in total. The minimum Gasteiger partial charge on any atom is -0.394 e. The van der Waals surface area contributed by atoms with Gasteiger partial charge in [-0.3, -0.25) is 4.79 Å². The molecular weight excluding hydrogens is 486 g/mol. The van der Waals surface area contributed by atoms with Gasteiger partial charge in [0, 0.05) is 6.42 Å². The van der Waals surface area contributed by atoms with Crippen molar-refractivity contribution in [2.24, 2.45) is 0 Å². The van der Waals surface area contributed by atoms with Gasteiger partial charge in [-0.25, -0.2) is 0 Å². The molecule has 0 bridgehead atoms. The van der Waals surface area contributed by atoms with E-state index in [2.05, 4.69) is 43.5 Å². The summed E-state index contributed by atoms with van der Waals surface area (Å²) in [4.78, 5) is 12.3. The second-order valence-corrected chi connectivity index (χ2v) is 10.7. The number of rotatable bonds is 27. The van der Waals surface area contributed by atoms with Crippen LogP contribution in [0.5, 0.6) is 0 Å². The largest absolute Gasteiger partial charge is 0.394 e. The van der Waals surface area contributed by atoms with Crippen LogP contribution in [-0.4, -0.2) is 46.1 Å². The highest BCUT2D eigenvalue weighted by Gasteiger charge is 2.22. The molecule has 226 valence electrons. The van der Waals surface area contributed by atoms with Crippen molar-refractivity contribution < 1.29 is 20.1 Å². The number of aliphatic hydroxyl groups excluding tert-OH is 3. The van der Waals surface area contributed by atoms with Crippen LogP contribution in [-0.2, 0) is 4.79 Å². The third-order valence-corrected chi connectivity index (χ3v) is 6.90. The van der Waals surface area contributed by atoms with Crippen molar-refractivity contribution in [3.8, 4) is 0 Å². The summed E-state index contributed by atoms with van der Waals surface area (Å²) in [5, 5.41) is 32.6. The third kappa shape index (κ3) is 25.0. The van der Waals surface area contributed by atoms with Gasteiger partial charge in [0.15, 0.2) is 0 Å². The molecule has 0 fully saturated rings. The fraction of sp³-hybridized carbons (Fsp3) is 0.735. The fourth-order valence-corrected chi connectivity index (χ4v) is 4.30. The number of nitrogens with one attached hydrogen (secondary N) is 1. The van der Waals surface area contributed by atoms with Gasteiger partial charge < -0.3 is 20.6 Å². The van der Waals surface area contributed by atoms with Crippen molar-refractivity contribution in [2.75, 3.05) is 6.61 Å². The SMILES string of the molecule is CCCCCCCC/C=C\C/C=C\CC(O)C(=O)NC(CO)C(O)/C=C/CC/C=C/CCCCCCCCC. The molecule has 5 heteroatoms. The monoisotopic (exact) mass is 547 g/mol. The number of hydrogen-bond donors (Lipinski definition) is 4. The molecule has 3 unspecified atom stereocenters. The van der Waals surface area contributed by atoms with Crippen LogP contribution in [0.2, 0.25) is 0 Å². The Bertz CT molecular complexity index is 656. The maximum absolute atomic E-state index is 12.3. The molecule has 0 heterocycles. The Hall–Kier alpha value is -1.69. The number of allylic oxidation sites excluding steroid dienone is 6. The standard InChI is InChI=1S/C34H61NO4/c1-3-5-7-9-11-13-15-17-19-20-22-24-26-28-32(37)31(30-36)35-34(39)33(38)29-27-25-23-21-18-16-14-12-10-8-6-4-2/h18-21,25-28,31-33,36-38H,3-17,22-24,29-30H2,1-2H3,(H,35,39)/b20-19+,21-18-,27-25-,28-26+. The molecule has 0 aliphatic heterocycles. The van der Waals surface area contributed by atoms with Crippen molar-refractivity contribution in [3.05, 3.63) is 48.6 Å². The van der Waals surface area contributed by atoms with Crippen molar-refractivity contribution >= 4 is 5.91 Å². The molecule has 0 saturated carbocycles. The summed E-state index contributed by atoms with van der Waals surface area (Å²) in [5.41, 5.74) is 0. The molecule has 0 rings (SSSR count). The molecule has 0 saturated heterocycles. The first-order valence-electron chi connectivity index (χ1n) is 16.0. The number of carbonyl (C=O) groups is 1. The van der Waals surface area contributed by atoms with Crippen LogP contribution in [0.4, 0.5) is 0 Å². The van der Waals surface area contributed by atoms with Crippen molar-refractivity contribution in [2.45, 2.75) is 154 Å². The Labute approximate surface area is 240 Å². The lowest BCUT2D eigenvalue weighted by Gasteiger charge is -2.21. The lowest BCUT2D eigenvalue weighted by molar-refractivity contribution is -0.131. The van der Waals surface area contributed by atoms with E-state index in [0.29, 0.717) is 0 Å². The molecule has 39 heavy (non-hydrogen) atoms. The zero-order valence-corrected chi connectivity index (χ0v) is 25.2. The van der Waals surface area contributed by atoms with E-state index in [4.69, 9.17) is 0 Å². The highest BCUT2D eigenvalue weighted by atomic mass is 16.3. The topological polar surface area (TPSA) is 89.8 Å². The van der Waals surface area contributed by atoms with Gasteiger partial charge in [-0.15, -0.1) is 0 Å². The number of amides is 1. The summed E-state index contributed by atoms with van der Waals surface area (Å²) in [6.45, 7) is 4.07. The van der Waals surface area contributed by atoms with Crippen LogP contribution in [0, 0.1) is 0 Å². The van der Waals surface area contributed by atoms with E-state index >= 15 is 0 Å². The van der Waals surface area contributed by atoms with Gasteiger partial charge >= 0.3 is 0 Å². The molecule has 0 aromatic carbocycles. The van der Waals surface area contributed by atoms with E-state index in [-0.39, 0.29) is 6.42 Å². The van der Waals surface area contributed by atoms with Crippen LogP contribution < -0.4 is 5.32 Å². The smallest absolute Gasteiger partial charge is 0.249 e. The summed E-state index contributed by atoms with van der Waals surface area (Å²) >= 11 is 0. The van der Waals surface area contributed by atoms with Gasteiger partial charge in [0.2, 0.25) is 5.91 Å². The lowest BCUT2D eigenvalue weighted by Crippen LogP contribution is -2.48. The molecule has 5 nitrogen and oxygen atoms in total. The zero-order valence-electron chi connectivity index (χ0n) is 25.2. The lowest BCUT2D eigenvalue weighted by atomic mass is 10.1. The average Bonchev–Trinajstić information content (AvgIpc) is 2.94. The van der Waals surface area contributed by atoms with E-state index in [0.717, 1.165) is 32.1 Å². The quantitative estimate of drug-likeness (QED) is 0.0622. The Morgan fingerprint density at radius 3 is 1.72 bits per heavy atom. The van der Waals surface area contributed by atoms with E-state index in [1.807, 2.05) is 12.2 Å². The summed E-state index contributed by atoms with van der Waals surface area (Å²) < 4.78 is 0. The van der Waals surface area contributed by atoms with Gasteiger partial charge in [-0.05, 0) is 44.9 Å². The van der Waals surface area contributed by atoms with Crippen molar-refractivity contribution in [1.29, 1.82) is 0 Å². The first-order valence-corrected chi connectivity index (χ1v) is 16.0. The van der Waals surface area contributed by atoms with Crippen LogP contribution in [0.25, 0.3) is 0 Å². The third-order valence-electron chi connectivity index (χ3n) is 6.90. The minimum atomic E-state index is -1.21. The number of aliphatic hydroxyl groups is 3. The summed E-state index contributed by atoms with van der Waals surface area (Å²) in [5.74, 6) is -0.585. The molecule has 0 aromatic rings. The van der Waals surface area contributed by atoms with Crippen LogP contribution in [0.1, 0.15) is 136 Å². The number of unbranched alkanes of at least 4 members (excludes halogenated alkanes) is 14. The predicted molar refractivity (Wildman–Crippen MR) is 167 cm³/mol. The molecule has 0 aliphatic rings. The van der Waals surface area contributed by atoms with E-state index in [1.54, 1.807) is 12.2 Å². The predicted octanol–water partition coefficient (Wildman–Crippen LogP) is 7.86. The Morgan fingerprint density at radius 1 is 0.641 bits per heavy atom. The maximum atomic E-state index is 12.3. The zero-order chi connectivity index (χ0) is 28.8. The van der Waals surface area contributed by atoms with Gasteiger partial charge in [0.05, 0.1) is 18.8 Å². The highest BCUT2D eigenvalue weighted by Crippen LogP contribution is 2.10. The molecule has 1 amide bonds. The molecule has 0 aliphatic carbocycles. The molecular formula is C34H61NO4. The maximum Gasteiger partial charge on any atom is 0.249 e. The van der Waals surface area contributed by atoms with Gasteiger partial charge in [0.1, 0.15) is 6.10 Å². The molecule has 0 spiro atoms. The normalized spacial score (nSPS) is 14.7. The first kappa shape index (κ1) is 37.3. The molecule has 0 radical (unpaired) electrons. The highest BCUT2D eigenvalue weighted by molar-refractivity contribution is 5.81. The van der Waals surface area contributed by atoms with Crippen molar-refractivity contribution in [1.82, 2.24) is 5.32 Å². The summed E-state index contributed by atoms with van der Waals surface area (Å²) in [6.07, 6.45) is 35.6. The minimum absolute atomic E-state index is 0.201. The van der Waals surface area contributed by atoms with E-state index in [9.17, 15) is 20.1 Å². The second-order valence-electron chi connectivity index (χ2n) is 10.7.